The highest BCUT2D eigenvalue weighted by molar-refractivity contribution is 6.33. The number of benzene rings is 2. The number of para-hydroxylation sites is 1. The van der Waals surface area contributed by atoms with E-state index in [1.807, 2.05) is 36.4 Å². The third kappa shape index (κ3) is 2.65. The molecule has 0 saturated carbocycles. The smallest absolute Gasteiger partial charge is 0.416 e. The van der Waals surface area contributed by atoms with Crippen molar-refractivity contribution in [1.82, 2.24) is 0 Å². The maximum atomic E-state index is 13.6. The van der Waals surface area contributed by atoms with Gasteiger partial charge in [0, 0.05) is 11.5 Å². The lowest BCUT2D eigenvalue weighted by atomic mass is 9.75. The number of halogens is 4. The fraction of sp³-hybridized carbons (Fsp3) is 0.300. The van der Waals surface area contributed by atoms with E-state index in [1.54, 1.807) is 7.11 Å². The fourth-order valence-electron chi connectivity index (χ4n) is 4.15. The Morgan fingerprint density at radius 2 is 1.92 bits per heavy atom. The Kier molecular flexibility index (Phi) is 4.14. The first kappa shape index (κ1) is 17.3. The maximum absolute atomic E-state index is 13.6. The van der Waals surface area contributed by atoms with Gasteiger partial charge in [0.15, 0.2) is 0 Å². The van der Waals surface area contributed by atoms with Gasteiger partial charge in [0.1, 0.15) is 5.75 Å². The van der Waals surface area contributed by atoms with Crippen molar-refractivity contribution < 1.29 is 17.9 Å². The first-order valence-electron chi connectivity index (χ1n) is 8.37. The van der Waals surface area contributed by atoms with Gasteiger partial charge in [-0.05, 0) is 36.1 Å². The number of fused-ring (bicyclic) bond motifs is 3. The van der Waals surface area contributed by atoms with E-state index >= 15 is 0 Å². The summed E-state index contributed by atoms with van der Waals surface area (Å²) in [5.41, 5.74) is 0.914. The molecule has 6 heteroatoms. The minimum atomic E-state index is -4.42. The summed E-state index contributed by atoms with van der Waals surface area (Å²) in [4.78, 5) is 0. The molecule has 2 aliphatic rings. The van der Waals surface area contributed by atoms with Crippen LogP contribution in [-0.2, 0) is 6.18 Å². The largest absolute Gasteiger partial charge is 0.496 e. The molecule has 0 amide bonds. The number of methoxy groups -OCH3 is 1. The molecule has 0 radical (unpaired) electrons. The van der Waals surface area contributed by atoms with Gasteiger partial charge in [0.2, 0.25) is 0 Å². The van der Waals surface area contributed by atoms with Gasteiger partial charge >= 0.3 is 6.18 Å². The molecule has 2 nitrogen and oxygen atoms in total. The van der Waals surface area contributed by atoms with Gasteiger partial charge in [0.25, 0.3) is 0 Å². The first-order valence-corrected chi connectivity index (χ1v) is 8.75. The van der Waals surface area contributed by atoms with Crippen molar-refractivity contribution in [2.75, 3.05) is 12.4 Å². The van der Waals surface area contributed by atoms with Crippen LogP contribution < -0.4 is 10.1 Å². The van der Waals surface area contributed by atoms with Crippen LogP contribution in [0.1, 0.15) is 35.1 Å². The Morgan fingerprint density at radius 3 is 2.65 bits per heavy atom. The van der Waals surface area contributed by atoms with E-state index in [9.17, 15) is 13.2 Å². The summed E-state index contributed by atoms with van der Waals surface area (Å²) < 4.78 is 46.2. The zero-order chi connectivity index (χ0) is 18.5. The van der Waals surface area contributed by atoms with E-state index < -0.39 is 11.7 Å². The maximum Gasteiger partial charge on any atom is 0.416 e. The average Bonchev–Trinajstić information content (AvgIpc) is 3.10. The number of anilines is 1. The standard InChI is InChI=1S/C20H17ClF3NO/c1-26-16-8-3-2-5-13(16)18-12-7-4-6-11(12)17-14(20(22,23)24)9-10-15(21)19(17)25-18/h2-6,8-12,18,25H,7H2,1H3/t11-,12+,18+/m0/s1. The van der Waals surface area contributed by atoms with Crippen LogP contribution in [0.4, 0.5) is 18.9 Å². The van der Waals surface area contributed by atoms with Crippen molar-refractivity contribution in [2.45, 2.75) is 24.6 Å². The van der Waals surface area contributed by atoms with E-state index in [0.29, 0.717) is 22.9 Å². The Balaban J connectivity index is 1.89. The molecule has 4 rings (SSSR count). The molecule has 1 N–H and O–H groups in total. The Labute approximate surface area is 154 Å². The topological polar surface area (TPSA) is 21.3 Å². The molecule has 0 saturated heterocycles. The predicted octanol–water partition coefficient (Wildman–Crippen LogP) is 6.19. The second-order valence-electron chi connectivity index (χ2n) is 6.60. The molecule has 0 spiro atoms. The van der Waals surface area contributed by atoms with Crippen molar-refractivity contribution in [3.05, 3.63) is 70.3 Å². The Bertz CT molecular complexity index is 878. The van der Waals surface area contributed by atoms with E-state index in [2.05, 4.69) is 5.32 Å². The summed E-state index contributed by atoms with van der Waals surface area (Å²) >= 11 is 6.30. The van der Waals surface area contributed by atoms with E-state index in [-0.39, 0.29) is 23.4 Å². The van der Waals surface area contributed by atoms with Crippen LogP contribution in [-0.4, -0.2) is 7.11 Å². The van der Waals surface area contributed by atoms with Gasteiger partial charge in [-0.1, -0.05) is 42.0 Å². The molecule has 3 atom stereocenters. The summed E-state index contributed by atoms with van der Waals surface area (Å²) in [5, 5.41) is 3.59. The number of hydrogen-bond donors (Lipinski definition) is 1. The molecule has 0 bridgehead atoms. The van der Waals surface area contributed by atoms with Crippen molar-refractivity contribution in [1.29, 1.82) is 0 Å². The number of hydrogen-bond acceptors (Lipinski definition) is 2. The van der Waals surface area contributed by atoms with Crippen LogP contribution in [0.2, 0.25) is 5.02 Å². The summed E-state index contributed by atoms with van der Waals surface area (Å²) in [6.45, 7) is 0. The van der Waals surface area contributed by atoms with Gasteiger partial charge in [-0.15, -0.1) is 0 Å². The highest BCUT2D eigenvalue weighted by Crippen LogP contribution is 2.55. The van der Waals surface area contributed by atoms with Gasteiger partial charge in [-0.2, -0.15) is 13.2 Å². The zero-order valence-electron chi connectivity index (χ0n) is 14.0. The van der Waals surface area contributed by atoms with Gasteiger partial charge in [-0.25, -0.2) is 0 Å². The van der Waals surface area contributed by atoms with E-state index in [1.165, 1.54) is 6.07 Å². The molecule has 1 aliphatic heterocycles. The zero-order valence-corrected chi connectivity index (χ0v) is 14.7. The number of nitrogens with one attached hydrogen (secondary N) is 1. The summed E-state index contributed by atoms with van der Waals surface area (Å²) in [7, 11) is 1.59. The van der Waals surface area contributed by atoms with Gasteiger partial charge in [-0.3, -0.25) is 0 Å². The van der Waals surface area contributed by atoms with Crippen molar-refractivity contribution in [3.63, 3.8) is 0 Å². The monoisotopic (exact) mass is 379 g/mol. The highest BCUT2D eigenvalue weighted by Gasteiger charge is 2.45. The van der Waals surface area contributed by atoms with Crippen molar-refractivity contribution >= 4 is 17.3 Å². The minimum Gasteiger partial charge on any atom is -0.496 e. The predicted molar refractivity (Wildman–Crippen MR) is 95.8 cm³/mol. The second-order valence-corrected chi connectivity index (χ2v) is 7.01. The molecule has 0 unspecified atom stereocenters. The number of alkyl halides is 3. The van der Waals surface area contributed by atoms with Crippen molar-refractivity contribution in [2.24, 2.45) is 5.92 Å². The van der Waals surface area contributed by atoms with Crippen LogP contribution in [0, 0.1) is 5.92 Å². The van der Waals surface area contributed by atoms with Crippen molar-refractivity contribution in [3.8, 4) is 5.75 Å². The van der Waals surface area contributed by atoms with E-state index in [0.717, 1.165) is 11.6 Å². The molecule has 0 fully saturated rings. The lowest BCUT2D eigenvalue weighted by molar-refractivity contribution is -0.138. The number of rotatable bonds is 2. The molecular weight excluding hydrogens is 363 g/mol. The number of allylic oxidation sites excluding steroid dienone is 2. The molecular formula is C20H17ClF3NO. The SMILES string of the molecule is COc1ccccc1[C@@H]1Nc2c(Cl)ccc(C(F)(F)F)c2[C@H]2C=CC[C@H]21. The molecule has 136 valence electrons. The number of ether oxygens (including phenoxy) is 1. The van der Waals surface area contributed by atoms with Crippen LogP contribution in [0.15, 0.2) is 48.6 Å². The Hall–Kier alpha value is -2.14. The van der Waals surface area contributed by atoms with Crippen LogP contribution >= 0.6 is 11.6 Å². The lowest BCUT2D eigenvalue weighted by Crippen LogP contribution is -2.31. The van der Waals surface area contributed by atoms with E-state index in [4.69, 9.17) is 16.3 Å². The summed E-state index contributed by atoms with van der Waals surface area (Å²) in [6, 6.07) is 9.79. The van der Waals surface area contributed by atoms with Crippen LogP contribution in [0.5, 0.6) is 5.75 Å². The molecule has 26 heavy (non-hydrogen) atoms. The van der Waals surface area contributed by atoms with Gasteiger partial charge in [0.05, 0.1) is 29.4 Å². The Morgan fingerprint density at radius 1 is 1.15 bits per heavy atom. The molecule has 0 aromatic heterocycles. The third-order valence-corrected chi connectivity index (χ3v) is 5.56. The fourth-order valence-corrected chi connectivity index (χ4v) is 4.37. The molecule has 1 aliphatic carbocycles. The average molecular weight is 380 g/mol. The quantitative estimate of drug-likeness (QED) is 0.628. The minimum absolute atomic E-state index is 0.0293. The third-order valence-electron chi connectivity index (χ3n) is 5.25. The van der Waals surface area contributed by atoms with Crippen LogP contribution in [0.3, 0.4) is 0 Å². The first-order chi connectivity index (χ1) is 12.4. The normalized spacial score (nSPS) is 24.0. The summed E-state index contributed by atoms with van der Waals surface area (Å²) in [6.07, 6.45) is 0.103. The van der Waals surface area contributed by atoms with Crippen LogP contribution in [0.25, 0.3) is 0 Å². The molecule has 2 aromatic rings. The van der Waals surface area contributed by atoms with Gasteiger partial charge < -0.3 is 10.1 Å². The molecule has 1 heterocycles. The highest BCUT2D eigenvalue weighted by atomic mass is 35.5. The molecule has 2 aromatic carbocycles. The summed E-state index contributed by atoms with van der Waals surface area (Å²) in [5.74, 6) is 0.344. The second kappa shape index (κ2) is 6.23. The lowest BCUT2D eigenvalue weighted by Gasteiger charge is -2.39.